The van der Waals surface area contributed by atoms with E-state index in [0.717, 1.165) is 37.6 Å². The first kappa shape index (κ1) is 15.6. The van der Waals surface area contributed by atoms with Crippen molar-refractivity contribution in [3.8, 4) is 0 Å². The summed E-state index contributed by atoms with van der Waals surface area (Å²) in [5, 5.41) is 2.93. The summed E-state index contributed by atoms with van der Waals surface area (Å²) in [6.07, 6.45) is 3.33. The molecule has 0 radical (unpaired) electrons. The van der Waals surface area contributed by atoms with Crippen LogP contribution in [0.1, 0.15) is 21.7 Å². The second kappa shape index (κ2) is 6.83. The predicted molar refractivity (Wildman–Crippen MR) is 88.6 cm³/mol. The van der Waals surface area contributed by atoms with Crippen LogP contribution in [0.3, 0.4) is 0 Å². The highest BCUT2D eigenvalue weighted by Gasteiger charge is 2.16. The number of piperazine rings is 1. The van der Waals surface area contributed by atoms with Crippen molar-refractivity contribution in [3.05, 3.63) is 47.5 Å². The van der Waals surface area contributed by atoms with Crippen LogP contribution in [0.5, 0.6) is 0 Å². The first-order valence-electron chi connectivity index (χ1n) is 7.84. The molecule has 2 aromatic heterocycles. The van der Waals surface area contributed by atoms with Crippen LogP contribution in [0.15, 0.2) is 35.1 Å². The molecule has 1 amide bonds. The van der Waals surface area contributed by atoms with Gasteiger partial charge in [0.2, 0.25) is 0 Å². The smallest absolute Gasteiger partial charge is 0.255 e. The molecule has 122 valence electrons. The van der Waals surface area contributed by atoms with Gasteiger partial charge in [-0.3, -0.25) is 4.79 Å². The van der Waals surface area contributed by atoms with E-state index in [1.54, 1.807) is 19.2 Å². The number of carbonyl (C=O) groups excluding carboxylic acids is 1. The molecule has 1 N–H and O–H groups in total. The summed E-state index contributed by atoms with van der Waals surface area (Å²) in [7, 11) is 2.13. The standard InChI is InChI=1S/C17H22N4O2/c1-13-15(4-10-23-13)17(22)19-12-14-3-5-18-16(11-14)21-8-6-20(2)7-9-21/h3-5,10-11H,6-9,12H2,1-2H3,(H,19,22). The second-order valence-corrected chi connectivity index (χ2v) is 5.89. The van der Waals surface area contributed by atoms with Crippen LogP contribution in [0.2, 0.25) is 0 Å². The fourth-order valence-electron chi connectivity index (χ4n) is 2.68. The molecule has 3 heterocycles. The number of pyridine rings is 1. The van der Waals surface area contributed by atoms with Gasteiger partial charge in [-0.25, -0.2) is 4.98 Å². The molecule has 3 rings (SSSR count). The average Bonchev–Trinajstić information content (AvgIpc) is 3.00. The van der Waals surface area contributed by atoms with Gasteiger partial charge in [0.05, 0.1) is 11.8 Å². The van der Waals surface area contributed by atoms with Crippen molar-refractivity contribution in [1.82, 2.24) is 15.2 Å². The molecule has 0 aromatic carbocycles. The van der Waals surface area contributed by atoms with Crippen molar-refractivity contribution < 1.29 is 9.21 Å². The minimum atomic E-state index is -0.116. The Morgan fingerprint density at radius 3 is 2.78 bits per heavy atom. The third kappa shape index (κ3) is 3.71. The van der Waals surface area contributed by atoms with Gasteiger partial charge in [-0.15, -0.1) is 0 Å². The minimum Gasteiger partial charge on any atom is -0.469 e. The van der Waals surface area contributed by atoms with Gasteiger partial charge in [0.1, 0.15) is 11.6 Å². The molecule has 0 spiro atoms. The molecule has 0 unspecified atom stereocenters. The zero-order valence-corrected chi connectivity index (χ0v) is 13.6. The zero-order chi connectivity index (χ0) is 16.2. The third-order valence-corrected chi connectivity index (χ3v) is 4.19. The molecule has 0 atom stereocenters. The highest BCUT2D eigenvalue weighted by Crippen LogP contribution is 2.15. The lowest BCUT2D eigenvalue weighted by Crippen LogP contribution is -2.44. The van der Waals surface area contributed by atoms with Gasteiger partial charge >= 0.3 is 0 Å². The molecule has 2 aromatic rings. The number of furan rings is 1. The third-order valence-electron chi connectivity index (χ3n) is 4.19. The van der Waals surface area contributed by atoms with Gasteiger partial charge in [0.25, 0.3) is 5.91 Å². The lowest BCUT2D eigenvalue weighted by atomic mass is 10.2. The Morgan fingerprint density at radius 1 is 1.30 bits per heavy atom. The summed E-state index contributed by atoms with van der Waals surface area (Å²) in [6, 6.07) is 5.67. The average molecular weight is 314 g/mol. The molecule has 6 nitrogen and oxygen atoms in total. The normalized spacial score (nSPS) is 15.7. The van der Waals surface area contributed by atoms with E-state index in [-0.39, 0.29) is 5.91 Å². The maximum absolute atomic E-state index is 12.1. The van der Waals surface area contributed by atoms with Crippen molar-refractivity contribution in [1.29, 1.82) is 0 Å². The Hall–Kier alpha value is -2.34. The van der Waals surface area contributed by atoms with Crippen LogP contribution in [-0.4, -0.2) is 49.0 Å². The van der Waals surface area contributed by atoms with E-state index < -0.39 is 0 Å². The molecule has 0 saturated carbocycles. The number of rotatable bonds is 4. The van der Waals surface area contributed by atoms with Gasteiger partial charge < -0.3 is 19.5 Å². The highest BCUT2D eigenvalue weighted by molar-refractivity contribution is 5.94. The Morgan fingerprint density at radius 2 is 2.09 bits per heavy atom. The predicted octanol–water partition coefficient (Wildman–Crippen LogP) is 1.66. The van der Waals surface area contributed by atoms with E-state index in [1.807, 2.05) is 12.1 Å². The number of hydrogen-bond donors (Lipinski definition) is 1. The summed E-state index contributed by atoms with van der Waals surface area (Å²) in [5.74, 6) is 1.49. The number of amides is 1. The van der Waals surface area contributed by atoms with Crippen molar-refractivity contribution in [2.75, 3.05) is 38.1 Å². The number of nitrogens with zero attached hydrogens (tertiary/aromatic N) is 3. The number of nitrogens with one attached hydrogen (secondary N) is 1. The van der Waals surface area contributed by atoms with Crippen LogP contribution in [-0.2, 0) is 6.54 Å². The quantitative estimate of drug-likeness (QED) is 0.930. The van der Waals surface area contributed by atoms with Crippen molar-refractivity contribution in [2.24, 2.45) is 0 Å². The van der Waals surface area contributed by atoms with E-state index >= 15 is 0 Å². The fraction of sp³-hybridized carbons (Fsp3) is 0.412. The lowest BCUT2D eigenvalue weighted by molar-refractivity contribution is 0.0949. The molecule has 23 heavy (non-hydrogen) atoms. The first-order chi connectivity index (χ1) is 11.1. The molecular formula is C17H22N4O2. The van der Waals surface area contributed by atoms with Crippen molar-refractivity contribution in [3.63, 3.8) is 0 Å². The Labute approximate surface area is 136 Å². The van der Waals surface area contributed by atoms with E-state index in [2.05, 4.69) is 27.1 Å². The van der Waals surface area contributed by atoms with Crippen LogP contribution in [0.25, 0.3) is 0 Å². The highest BCUT2D eigenvalue weighted by atomic mass is 16.3. The van der Waals surface area contributed by atoms with Gasteiger partial charge in [0, 0.05) is 38.9 Å². The van der Waals surface area contributed by atoms with Gasteiger partial charge in [-0.2, -0.15) is 0 Å². The van der Waals surface area contributed by atoms with E-state index in [1.165, 1.54) is 6.26 Å². The Bertz CT molecular complexity index is 675. The minimum absolute atomic E-state index is 0.116. The van der Waals surface area contributed by atoms with E-state index in [4.69, 9.17) is 4.42 Å². The largest absolute Gasteiger partial charge is 0.469 e. The Balaban J connectivity index is 1.62. The van der Waals surface area contributed by atoms with Gasteiger partial charge in [-0.05, 0) is 37.7 Å². The number of aromatic nitrogens is 1. The maximum Gasteiger partial charge on any atom is 0.255 e. The number of likely N-dealkylation sites (N-methyl/N-ethyl adjacent to an activating group) is 1. The molecule has 0 bridgehead atoms. The van der Waals surface area contributed by atoms with Gasteiger partial charge in [0.15, 0.2) is 0 Å². The number of anilines is 1. The van der Waals surface area contributed by atoms with Crippen molar-refractivity contribution in [2.45, 2.75) is 13.5 Å². The van der Waals surface area contributed by atoms with Crippen LogP contribution >= 0.6 is 0 Å². The summed E-state index contributed by atoms with van der Waals surface area (Å²) in [6.45, 7) is 6.31. The summed E-state index contributed by atoms with van der Waals surface area (Å²) < 4.78 is 5.16. The topological polar surface area (TPSA) is 61.6 Å². The van der Waals surface area contributed by atoms with Gasteiger partial charge in [-0.1, -0.05) is 0 Å². The number of hydrogen-bond acceptors (Lipinski definition) is 5. The monoisotopic (exact) mass is 314 g/mol. The molecule has 1 aliphatic heterocycles. The molecule has 1 aliphatic rings. The van der Waals surface area contributed by atoms with Crippen molar-refractivity contribution >= 4 is 11.7 Å². The molecule has 1 saturated heterocycles. The van der Waals surface area contributed by atoms with E-state index in [9.17, 15) is 4.79 Å². The van der Waals surface area contributed by atoms with Crippen LogP contribution in [0.4, 0.5) is 5.82 Å². The first-order valence-corrected chi connectivity index (χ1v) is 7.84. The number of carbonyl (C=O) groups is 1. The second-order valence-electron chi connectivity index (χ2n) is 5.89. The van der Waals surface area contributed by atoms with Crippen LogP contribution < -0.4 is 10.2 Å². The zero-order valence-electron chi connectivity index (χ0n) is 13.6. The SMILES string of the molecule is Cc1occc1C(=O)NCc1ccnc(N2CCN(C)CC2)c1. The lowest BCUT2D eigenvalue weighted by Gasteiger charge is -2.33. The summed E-state index contributed by atoms with van der Waals surface area (Å²) in [4.78, 5) is 21.2. The molecule has 1 fully saturated rings. The fourth-order valence-corrected chi connectivity index (χ4v) is 2.68. The Kier molecular flexibility index (Phi) is 4.62. The maximum atomic E-state index is 12.1. The molecule has 6 heteroatoms. The van der Waals surface area contributed by atoms with E-state index in [0.29, 0.717) is 17.9 Å². The molecule has 0 aliphatic carbocycles. The number of aryl methyl sites for hydroxylation is 1. The van der Waals surface area contributed by atoms with Crippen LogP contribution in [0, 0.1) is 6.92 Å². The molecular weight excluding hydrogens is 292 g/mol. The summed E-state index contributed by atoms with van der Waals surface area (Å²) >= 11 is 0. The summed E-state index contributed by atoms with van der Waals surface area (Å²) in [5.41, 5.74) is 1.63.